The Morgan fingerprint density at radius 1 is 1.19 bits per heavy atom. The van der Waals surface area contributed by atoms with Crippen LogP contribution in [-0.2, 0) is 16.6 Å². The number of hydrogen-bond donors (Lipinski definition) is 2. The third-order valence-electron chi connectivity index (χ3n) is 6.80. The predicted octanol–water partition coefficient (Wildman–Crippen LogP) is 5.42. The van der Waals surface area contributed by atoms with Crippen LogP contribution in [0.4, 0.5) is 24.8 Å². The molecule has 1 saturated carbocycles. The summed E-state index contributed by atoms with van der Waals surface area (Å²) in [6.45, 7) is 2.69. The minimum absolute atomic E-state index is 0.145. The maximum Gasteiger partial charge on any atom is 0.433 e. The Morgan fingerprint density at radius 2 is 1.97 bits per heavy atom. The number of carbonyl (C=O) groups excluding carboxylic acids is 1. The van der Waals surface area contributed by atoms with Crippen LogP contribution in [0.25, 0.3) is 10.4 Å². The Hall–Kier alpha value is -3.05. The number of nitrogens with zero attached hydrogens (tertiary/aromatic N) is 4. The van der Waals surface area contributed by atoms with Crippen molar-refractivity contribution in [1.82, 2.24) is 19.9 Å². The molecule has 1 amide bonds. The van der Waals surface area contributed by atoms with Crippen molar-refractivity contribution >= 4 is 28.9 Å². The number of thiazole rings is 1. The van der Waals surface area contributed by atoms with Crippen molar-refractivity contribution in [2.24, 2.45) is 0 Å². The summed E-state index contributed by atoms with van der Waals surface area (Å²) in [5.74, 6) is 0.0651. The van der Waals surface area contributed by atoms with Crippen LogP contribution in [0.2, 0.25) is 0 Å². The Labute approximate surface area is 210 Å². The number of halogens is 3. The van der Waals surface area contributed by atoms with E-state index in [-0.39, 0.29) is 17.9 Å². The predicted molar refractivity (Wildman–Crippen MR) is 130 cm³/mol. The van der Waals surface area contributed by atoms with Gasteiger partial charge in [0.2, 0.25) is 11.9 Å². The summed E-state index contributed by atoms with van der Waals surface area (Å²) in [6.07, 6.45) is 2.32. The second kappa shape index (κ2) is 9.44. The highest BCUT2D eigenvalue weighted by Gasteiger charge is 2.40. The van der Waals surface area contributed by atoms with Crippen molar-refractivity contribution in [3.63, 3.8) is 0 Å². The summed E-state index contributed by atoms with van der Waals surface area (Å²) < 4.78 is 39.0. The van der Waals surface area contributed by atoms with E-state index in [1.165, 1.54) is 11.3 Å². The van der Waals surface area contributed by atoms with E-state index in [0.29, 0.717) is 30.0 Å². The summed E-state index contributed by atoms with van der Waals surface area (Å²) in [4.78, 5) is 26.9. The number of alkyl halides is 3. The molecule has 3 heterocycles. The molecule has 2 fully saturated rings. The molecule has 1 aromatic carbocycles. The quantitative estimate of drug-likeness (QED) is 0.470. The molecule has 3 aromatic rings. The first-order valence-corrected chi connectivity index (χ1v) is 12.7. The normalized spacial score (nSPS) is 22.8. The molecule has 5 rings (SSSR count). The lowest BCUT2D eigenvalue weighted by atomic mass is 9.82. The number of aliphatic hydroxyl groups is 1. The van der Waals surface area contributed by atoms with Crippen LogP contribution in [0.1, 0.15) is 54.8 Å². The highest BCUT2D eigenvalue weighted by atomic mass is 32.1. The number of aromatic nitrogens is 3. The van der Waals surface area contributed by atoms with E-state index in [9.17, 15) is 23.1 Å². The number of hydrogen-bond acceptors (Lipinski definition) is 7. The van der Waals surface area contributed by atoms with Gasteiger partial charge in [-0.05, 0) is 68.4 Å². The van der Waals surface area contributed by atoms with Crippen LogP contribution in [0.5, 0.6) is 0 Å². The molecule has 0 atom stereocenters. The van der Waals surface area contributed by atoms with Crippen molar-refractivity contribution in [3.05, 3.63) is 52.9 Å². The maximum absolute atomic E-state index is 13.0. The number of carbonyl (C=O) groups is 1. The zero-order valence-electron chi connectivity index (χ0n) is 19.7. The zero-order chi connectivity index (χ0) is 25.5. The number of anilines is 2. The van der Waals surface area contributed by atoms with Gasteiger partial charge in [-0.3, -0.25) is 4.79 Å². The van der Waals surface area contributed by atoms with Gasteiger partial charge in [0.15, 0.2) is 0 Å². The SMILES string of the molecule is Cc1cc(Nc2nccc(C(F)(F)F)n2)cc(-c2cnc([C@]3(O)CC[C@H](N4CCCC4=O)CC3)s2)c1. The van der Waals surface area contributed by atoms with Gasteiger partial charge >= 0.3 is 6.18 Å². The summed E-state index contributed by atoms with van der Waals surface area (Å²) in [6, 6.07) is 6.56. The van der Waals surface area contributed by atoms with Crippen LogP contribution in [0, 0.1) is 6.92 Å². The fourth-order valence-electron chi connectivity index (χ4n) is 4.99. The van der Waals surface area contributed by atoms with Gasteiger partial charge in [0, 0.05) is 37.1 Å². The molecule has 2 N–H and O–H groups in total. The maximum atomic E-state index is 13.0. The Morgan fingerprint density at radius 3 is 2.67 bits per heavy atom. The summed E-state index contributed by atoms with van der Waals surface area (Å²) >= 11 is 1.41. The minimum atomic E-state index is -4.56. The van der Waals surface area contributed by atoms with Crippen molar-refractivity contribution < 1.29 is 23.1 Å². The second-order valence-electron chi connectivity index (χ2n) is 9.46. The molecule has 0 spiro atoms. The van der Waals surface area contributed by atoms with E-state index >= 15 is 0 Å². The van der Waals surface area contributed by atoms with Gasteiger partial charge in [0.05, 0.1) is 4.88 Å². The van der Waals surface area contributed by atoms with Gasteiger partial charge in [-0.1, -0.05) is 6.07 Å². The molecule has 2 aliphatic rings. The fraction of sp³-hybridized carbons (Fsp3) is 0.440. The summed E-state index contributed by atoms with van der Waals surface area (Å²) in [5, 5.41) is 14.8. The average Bonchev–Trinajstić information content (AvgIpc) is 3.49. The Kier molecular flexibility index (Phi) is 6.46. The first-order valence-electron chi connectivity index (χ1n) is 11.9. The molecule has 1 aliphatic carbocycles. The van der Waals surface area contributed by atoms with Gasteiger partial charge < -0.3 is 15.3 Å². The molecule has 0 bridgehead atoms. The van der Waals surface area contributed by atoms with Crippen molar-refractivity contribution in [2.45, 2.75) is 63.3 Å². The molecule has 36 heavy (non-hydrogen) atoms. The molecule has 7 nitrogen and oxygen atoms in total. The fourth-order valence-corrected chi connectivity index (χ4v) is 6.04. The number of aryl methyl sites for hydroxylation is 1. The van der Waals surface area contributed by atoms with Crippen LogP contribution >= 0.6 is 11.3 Å². The standard InChI is InChI=1S/C25H26F3N5O2S/c1-15-11-16(13-17(12-15)31-23-29-9-6-20(32-23)25(26,27)28)19-14-30-22(36-19)24(35)7-4-18(5-8-24)33-10-2-3-21(33)34/h6,9,11-14,18,35H,2-5,7-8,10H2,1H3,(H,29,31,32)/t18-,24-. The smallest absolute Gasteiger partial charge is 0.383 e. The van der Waals surface area contributed by atoms with E-state index < -0.39 is 17.5 Å². The van der Waals surface area contributed by atoms with E-state index in [1.54, 1.807) is 18.3 Å². The Bertz CT molecular complexity index is 1270. The van der Waals surface area contributed by atoms with E-state index in [2.05, 4.69) is 20.3 Å². The number of benzene rings is 1. The lowest BCUT2D eigenvalue weighted by molar-refractivity contribution is -0.141. The molecular formula is C25H26F3N5O2S. The molecular weight excluding hydrogens is 491 g/mol. The first kappa shape index (κ1) is 24.6. The second-order valence-corrected chi connectivity index (χ2v) is 10.5. The lowest BCUT2D eigenvalue weighted by Gasteiger charge is -2.38. The monoisotopic (exact) mass is 517 g/mol. The van der Waals surface area contributed by atoms with Gasteiger partial charge in [0.1, 0.15) is 16.3 Å². The van der Waals surface area contributed by atoms with Crippen LogP contribution in [-0.4, -0.2) is 43.5 Å². The molecule has 1 aliphatic heterocycles. The molecule has 11 heteroatoms. The van der Waals surface area contributed by atoms with Crippen LogP contribution < -0.4 is 5.32 Å². The molecule has 2 aromatic heterocycles. The number of rotatable bonds is 5. The number of likely N-dealkylation sites (tertiary alicyclic amines) is 1. The van der Waals surface area contributed by atoms with Crippen molar-refractivity contribution in [3.8, 4) is 10.4 Å². The summed E-state index contributed by atoms with van der Waals surface area (Å²) in [5.41, 5.74) is 0.226. The van der Waals surface area contributed by atoms with Crippen LogP contribution in [0.15, 0.2) is 36.7 Å². The van der Waals surface area contributed by atoms with Crippen molar-refractivity contribution in [2.75, 3.05) is 11.9 Å². The highest BCUT2D eigenvalue weighted by Crippen LogP contribution is 2.43. The van der Waals surface area contributed by atoms with Gasteiger partial charge in [-0.2, -0.15) is 13.2 Å². The van der Waals surface area contributed by atoms with Gasteiger partial charge in [0.25, 0.3) is 0 Å². The molecule has 0 radical (unpaired) electrons. The van der Waals surface area contributed by atoms with Gasteiger partial charge in [-0.15, -0.1) is 11.3 Å². The number of nitrogens with one attached hydrogen (secondary N) is 1. The molecule has 1 saturated heterocycles. The average molecular weight is 518 g/mol. The third-order valence-corrected chi connectivity index (χ3v) is 8.04. The topological polar surface area (TPSA) is 91.2 Å². The third kappa shape index (κ3) is 5.08. The molecule has 0 unspecified atom stereocenters. The minimum Gasteiger partial charge on any atom is -0.383 e. The van der Waals surface area contributed by atoms with E-state index in [1.807, 2.05) is 17.9 Å². The molecule has 190 valence electrons. The lowest BCUT2D eigenvalue weighted by Crippen LogP contribution is -2.43. The van der Waals surface area contributed by atoms with Crippen molar-refractivity contribution in [1.29, 1.82) is 0 Å². The van der Waals surface area contributed by atoms with Crippen LogP contribution in [0.3, 0.4) is 0 Å². The highest BCUT2D eigenvalue weighted by molar-refractivity contribution is 7.15. The summed E-state index contributed by atoms with van der Waals surface area (Å²) in [7, 11) is 0. The first-order chi connectivity index (χ1) is 17.1. The van der Waals surface area contributed by atoms with Gasteiger partial charge in [-0.25, -0.2) is 15.0 Å². The Balaban J connectivity index is 1.32. The number of amides is 1. The largest absolute Gasteiger partial charge is 0.433 e. The van der Waals surface area contributed by atoms with E-state index in [4.69, 9.17) is 0 Å². The zero-order valence-corrected chi connectivity index (χ0v) is 20.5. The van der Waals surface area contributed by atoms with E-state index in [0.717, 1.165) is 54.1 Å².